The molecule has 0 bridgehead atoms. The van der Waals surface area contributed by atoms with E-state index in [1.54, 1.807) is 0 Å². The summed E-state index contributed by atoms with van der Waals surface area (Å²) in [4.78, 5) is 12.7. The van der Waals surface area contributed by atoms with Crippen molar-refractivity contribution in [3.8, 4) is 0 Å². The van der Waals surface area contributed by atoms with Crippen molar-refractivity contribution in [1.82, 2.24) is 20.3 Å². The zero-order valence-electron chi connectivity index (χ0n) is 15.9. The number of aromatic nitrogens is 3. The first-order valence-electron chi connectivity index (χ1n) is 9.03. The maximum absolute atomic E-state index is 4.82. The number of pyridine rings is 1. The quantitative estimate of drug-likeness (QED) is 0.635. The van der Waals surface area contributed by atoms with E-state index in [1.165, 1.54) is 11.1 Å². The Morgan fingerprint density at radius 2 is 2.08 bits per heavy atom. The number of aromatic amines is 1. The van der Waals surface area contributed by atoms with Gasteiger partial charge in [0.15, 0.2) is 0 Å². The van der Waals surface area contributed by atoms with E-state index in [4.69, 9.17) is 4.98 Å². The van der Waals surface area contributed by atoms with Crippen LogP contribution in [0.4, 0.5) is 0 Å². The van der Waals surface area contributed by atoms with Crippen molar-refractivity contribution >= 4 is 16.6 Å². The molecule has 0 atom stereocenters. The van der Waals surface area contributed by atoms with E-state index in [2.05, 4.69) is 60.3 Å². The lowest BCUT2D eigenvalue weighted by atomic mass is 10.1. The molecule has 3 rings (SSSR count). The van der Waals surface area contributed by atoms with Gasteiger partial charge in [-0.3, -0.25) is 4.98 Å². The fourth-order valence-corrected chi connectivity index (χ4v) is 3.13. The molecule has 0 aliphatic carbocycles. The fraction of sp³-hybridized carbons (Fsp3) is 0.273. The van der Waals surface area contributed by atoms with Gasteiger partial charge in [0.2, 0.25) is 0 Å². The topological polar surface area (TPSA) is 53.6 Å². The van der Waals surface area contributed by atoms with Gasteiger partial charge < -0.3 is 10.3 Å². The summed E-state index contributed by atoms with van der Waals surface area (Å²) in [6, 6.07) is 10.3. The van der Waals surface area contributed by atoms with E-state index in [9.17, 15) is 0 Å². The first-order valence-corrected chi connectivity index (χ1v) is 9.03. The molecule has 2 N–H and O–H groups in total. The van der Waals surface area contributed by atoms with E-state index in [1.807, 2.05) is 31.3 Å². The van der Waals surface area contributed by atoms with Crippen LogP contribution in [0, 0.1) is 13.8 Å². The van der Waals surface area contributed by atoms with Crippen LogP contribution in [0.5, 0.6) is 0 Å². The maximum atomic E-state index is 4.82. The van der Waals surface area contributed by atoms with Crippen molar-refractivity contribution in [2.24, 2.45) is 0 Å². The summed E-state index contributed by atoms with van der Waals surface area (Å²) in [6.45, 7) is 9.17. The highest BCUT2D eigenvalue weighted by Gasteiger charge is 2.10. The average molecular weight is 346 g/mol. The molecule has 2 heterocycles. The number of imidazole rings is 1. The molecule has 0 saturated heterocycles. The molecule has 0 aliphatic heterocycles. The van der Waals surface area contributed by atoms with Crippen molar-refractivity contribution < 1.29 is 0 Å². The molecule has 0 unspecified atom stereocenters. The van der Waals surface area contributed by atoms with Crippen LogP contribution >= 0.6 is 0 Å². The van der Waals surface area contributed by atoms with Gasteiger partial charge in [0, 0.05) is 36.1 Å². The molecule has 134 valence electrons. The Balaban J connectivity index is 1.84. The molecule has 2 aromatic heterocycles. The molecular formula is C22H26N4. The molecule has 1 aromatic carbocycles. The number of fused-ring (bicyclic) bond motifs is 1. The highest BCUT2D eigenvalue weighted by Crippen LogP contribution is 2.23. The molecule has 3 aromatic rings. The zero-order valence-corrected chi connectivity index (χ0v) is 15.9. The van der Waals surface area contributed by atoms with Crippen molar-refractivity contribution in [3.05, 3.63) is 77.0 Å². The molecule has 26 heavy (non-hydrogen) atoms. The number of nitrogens with one attached hydrogen (secondary N) is 2. The molecule has 0 aliphatic rings. The third-order valence-corrected chi connectivity index (χ3v) is 4.44. The van der Waals surface area contributed by atoms with Gasteiger partial charge >= 0.3 is 0 Å². The summed E-state index contributed by atoms with van der Waals surface area (Å²) in [5.41, 5.74) is 7.85. The monoisotopic (exact) mass is 346 g/mol. The number of aryl methyl sites for hydroxylation is 2. The Kier molecular flexibility index (Phi) is 5.52. The second kappa shape index (κ2) is 8.00. The number of hydrogen-bond acceptors (Lipinski definition) is 3. The summed E-state index contributed by atoms with van der Waals surface area (Å²) in [5.74, 6) is 0.909. The first kappa shape index (κ1) is 17.9. The van der Waals surface area contributed by atoms with E-state index < -0.39 is 0 Å². The van der Waals surface area contributed by atoms with Crippen molar-refractivity contribution in [2.75, 3.05) is 6.54 Å². The van der Waals surface area contributed by atoms with E-state index in [0.717, 1.165) is 46.8 Å². The van der Waals surface area contributed by atoms with E-state index in [-0.39, 0.29) is 0 Å². The standard InChI is InChI=1S/C22H26N4/c1-5-8-19(24-12-10-18-9-6-7-11-23-18)17(4)22-25-20-14-15(2)13-16(3)21(20)26-22/h5-9,11,13-14,24H,10,12H2,1-4H3,(H,25,26)/b8-5-,19-17-. The van der Waals surface area contributed by atoms with Crippen LogP contribution in [0.2, 0.25) is 0 Å². The normalized spacial score (nSPS) is 12.6. The van der Waals surface area contributed by atoms with Crippen molar-refractivity contribution in [3.63, 3.8) is 0 Å². The minimum Gasteiger partial charge on any atom is -0.384 e. The van der Waals surface area contributed by atoms with Crippen LogP contribution in [0.15, 0.2) is 54.4 Å². The second-order valence-corrected chi connectivity index (χ2v) is 6.60. The van der Waals surface area contributed by atoms with Gasteiger partial charge in [0.25, 0.3) is 0 Å². The van der Waals surface area contributed by atoms with Gasteiger partial charge in [-0.15, -0.1) is 0 Å². The third kappa shape index (κ3) is 4.02. The van der Waals surface area contributed by atoms with Crippen molar-refractivity contribution in [1.29, 1.82) is 0 Å². The summed E-state index contributed by atoms with van der Waals surface area (Å²) in [5, 5.41) is 3.53. The van der Waals surface area contributed by atoms with E-state index in [0.29, 0.717) is 0 Å². The largest absolute Gasteiger partial charge is 0.384 e. The second-order valence-electron chi connectivity index (χ2n) is 6.60. The Hall–Kier alpha value is -2.88. The summed E-state index contributed by atoms with van der Waals surface area (Å²) in [6.07, 6.45) is 6.86. The molecule has 0 saturated carbocycles. The molecule has 0 radical (unpaired) electrons. The number of rotatable bonds is 6. The average Bonchev–Trinajstić information content (AvgIpc) is 3.05. The number of nitrogens with zero attached hydrogens (tertiary/aromatic N) is 2. The SMILES string of the molecule is C/C=C\C(NCCc1ccccn1)=C(/C)c1nc2c(C)cc(C)cc2[nH]1. The summed E-state index contributed by atoms with van der Waals surface area (Å²) < 4.78 is 0. The van der Waals surface area contributed by atoms with Gasteiger partial charge in [-0.05, 0) is 63.1 Å². The van der Waals surface area contributed by atoms with Gasteiger partial charge in [-0.25, -0.2) is 4.98 Å². The highest BCUT2D eigenvalue weighted by atomic mass is 14.9. The lowest BCUT2D eigenvalue weighted by molar-refractivity contribution is 0.788. The predicted octanol–water partition coefficient (Wildman–Crippen LogP) is 4.71. The lowest BCUT2D eigenvalue weighted by Crippen LogP contribution is -2.17. The molecule has 0 amide bonds. The molecular weight excluding hydrogens is 320 g/mol. The van der Waals surface area contributed by atoms with Gasteiger partial charge in [-0.2, -0.15) is 0 Å². The summed E-state index contributed by atoms with van der Waals surface area (Å²) >= 11 is 0. The molecule has 0 spiro atoms. The predicted molar refractivity (Wildman–Crippen MR) is 109 cm³/mol. The zero-order chi connectivity index (χ0) is 18.5. The van der Waals surface area contributed by atoms with Crippen LogP contribution in [0.1, 0.15) is 36.5 Å². The first-order chi connectivity index (χ1) is 12.6. The number of H-pyrrole nitrogens is 1. The van der Waals surface area contributed by atoms with Gasteiger partial charge in [-0.1, -0.05) is 18.2 Å². The lowest BCUT2D eigenvalue weighted by Gasteiger charge is -2.10. The Bertz CT molecular complexity index is 949. The summed E-state index contributed by atoms with van der Waals surface area (Å²) in [7, 11) is 0. The highest BCUT2D eigenvalue weighted by molar-refractivity contribution is 5.82. The van der Waals surface area contributed by atoms with Crippen LogP contribution in [-0.4, -0.2) is 21.5 Å². The molecule has 4 nitrogen and oxygen atoms in total. The number of allylic oxidation sites excluding steroid dienone is 3. The van der Waals surface area contributed by atoms with Crippen molar-refractivity contribution in [2.45, 2.75) is 34.1 Å². The van der Waals surface area contributed by atoms with Crippen LogP contribution in [0.25, 0.3) is 16.6 Å². The Labute approximate surface area is 155 Å². The number of hydrogen-bond donors (Lipinski definition) is 2. The minimum atomic E-state index is 0.826. The number of benzene rings is 1. The van der Waals surface area contributed by atoms with E-state index >= 15 is 0 Å². The third-order valence-electron chi connectivity index (χ3n) is 4.44. The molecule has 4 heteroatoms. The Morgan fingerprint density at radius 3 is 2.81 bits per heavy atom. The van der Waals surface area contributed by atoms with Gasteiger partial charge in [0.05, 0.1) is 11.0 Å². The van der Waals surface area contributed by atoms with Crippen LogP contribution in [-0.2, 0) is 6.42 Å². The van der Waals surface area contributed by atoms with Gasteiger partial charge in [0.1, 0.15) is 5.82 Å². The molecule has 0 fully saturated rings. The van der Waals surface area contributed by atoms with Crippen LogP contribution < -0.4 is 5.32 Å². The van der Waals surface area contributed by atoms with Crippen LogP contribution in [0.3, 0.4) is 0 Å². The smallest absolute Gasteiger partial charge is 0.136 e. The maximum Gasteiger partial charge on any atom is 0.136 e. The minimum absolute atomic E-state index is 0.826. The fourth-order valence-electron chi connectivity index (χ4n) is 3.13. The Morgan fingerprint density at radius 1 is 1.23 bits per heavy atom.